The monoisotopic (exact) mass is 226 g/mol. The Balaban J connectivity index is 2.16. The Bertz CT molecular complexity index is 270. The van der Waals surface area contributed by atoms with Crippen LogP contribution in [0, 0.1) is 12.8 Å². The Morgan fingerprint density at radius 3 is 2.93 bits per heavy atom. The maximum Gasteiger partial charge on any atom is 0.0797 e. The molecule has 0 aliphatic carbocycles. The molecule has 0 spiro atoms. The third kappa shape index (κ3) is 4.76. The van der Waals surface area contributed by atoms with Crippen molar-refractivity contribution in [2.24, 2.45) is 5.92 Å². The molecule has 3 heteroatoms. The lowest BCUT2D eigenvalue weighted by atomic mass is 10.0. The highest BCUT2D eigenvalue weighted by Crippen LogP contribution is 2.16. The molecule has 1 N–H and O–H groups in total. The van der Waals surface area contributed by atoms with Gasteiger partial charge in [0, 0.05) is 4.88 Å². The largest absolute Gasteiger partial charge is 0.316 e. The Labute approximate surface area is 97.1 Å². The van der Waals surface area contributed by atoms with Crippen LogP contribution in [-0.2, 0) is 6.42 Å². The molecule has 0 aromatic carbocycles. The van der Waals surface area contributed by atoms with Crippen molar-refractivity contribution in [3.63, 3.8) is 0 Å². The van der Waals surface area contributed by atoms with E-state index in [0.29, 0.717) is 0 Å². The highest BCUT2D eigenvalue weighted by Gasteiger charge is 2.05. The van der Waals surface area contributed by atoms with Gasteiger partial charge in [0.25, 0.3) is 0 Å². The molecular formula is C12H22N2S. The molecule has 0 aliphatic rings. The second kappa shape index (κ2) is 6.96. The second-order valence-electron chi connectivity index (χ2n) is 4.21. The maximum atomic E-state index is 4.27. The fraction of sp³-hybridized carbons (Fsp3) is 0.750. The van der Waals surface area contributed by atoms with Crippen molar-refractivity contribution in [2.45, 2.75) is 40.0 Å². The fourth-order valence-electron chi connectivity index (χ4n) is 1.57. The maximum absolute atomic E-state index is 4.27. The van der Waals surface area contributed by atoms with Gasteiger partial charge in [-0.25, -0.2) is 4.98 Å². The Hall–Kier alpha value is -0.410. The number of thiazole rings is 1. The summed E-state index contributed by atoms with van der Waals surface area (Å²) < 4.78 is 0. The molecule has 2 nitrogen and oxygen atoms in total. The molecule has 0 fully saturated rings. The summed E-state index contributed by atoms with van der Waals surface area (Å²) in [4.78, 5) is 5.73. The minimum absolute atomic E-state index is 0.762. The van der Waals surface area contributed by atoms with Gasteiger partial charge in [-0.1, -0.05) is 13.8 Å². The van der Waals surface area contributed by atoms with Gasteiger partial charge in [-0.05, 0) is 45.2 Å². The van der Waals surface area contributed by atoms with Crippen LogP contribution in [0.2, 0.25) is 0 Å². The SMILES string of the molecule is CCCNCC(C)CCc1scnc1C. The van der Waals surface area contributed by atoms with E-state index in [2.05, 4.69) is 31.1 Å². The second-order valence-corrected chi connectivity index (χ2v) is 5.15. The van der Waals surface area contributed by atoms with Crippen molar-refractivity contribution in [3.05, 3.63) is 16.1 Å². The number of rotatable bonds is 7. The molecule has 1 aromatic heterocycles. The molecule has 0 bridgehead atoms. The average Bonchev–Trinajstić information content (AvgIpc) is 2.61. The number of aromatic nitrogens is 1. The molecule has 1 rings (SSSR count). The summed E-state index contributed by atoms with van der Waals surface area (Å²) in [6.07, 6.45) is 3.67. The molecule has 1 heterocycles. The fourth-order valence-corrected chi connectivity index (χ4v) is 2.37. The Morgan fingerprint density at radius 1 is 1.53 bits per heavy atom. The minimum atomic E-state index is 0.762. The molecule has 1 aromatic rings. The van der Waals surface area contributed by atoms with Gasteiger partial charge in [-0.2, -0.15) is 0 Å². The molecule has 15 heavy (non-hydrogen) atoms. The number of hydrogen-bond donors (Lipinski definition) is 1. The minimum Gasteiger partial charge on any atom is -0.316 e. The number of hydrogen-bond acceptors (Lipinski definition) is 3. The van der Waals surface area contributed by atoms with E-state index in [1.807, 2.05) is 5.51 Å². The van der Waals surface area contributed by atoms with Crippen molar-refractivity contribution in [3.8, 4) is 0 Å². The number of nitrogens with zero attached hydrogens (tertiary/aromatic N) is 1. The molecule has 0 aliphatic heterocycles. The molecule has 1 atom stereocenters. The Morgan fingerprint density at radius 2 is 2.33 bits per heavy atom. The third-order valence-corrected chi connectivity index (χ3v) is 3.62. The average molecular weight is 226 g/mol. The van der Waals surface area contributed by atoms with E-state index in [1.54, 1.807) is 11.3 Å². The summed E-state index contributed by atoms with van der Waals surface area (Å²) in [6.45, 7) is 8.92. The van der Waals surface area contributed by atoms with Crippen LogP contribution in [0.25, 0.3) is 0 Å². The lowest BCUT2D eigenvalue weighted by Crippen LogP contribution is -2.22. The van der Waals surface area contributed by atoms with Crippen LogP contribution in [0.4, 0.5) is 0 Å². The molecule has 0 saturated carbocycles. The molecule has 0 saturated heterocycles. The quantitative estimate of drug-likeness (QED) is 0.723. The van der Waals surface area contributed by atoms with Gasteiger partial charge in [0.2, 0.25) is 0 Å². The smallest absolute Gasteiger partial charge is 0.0797 e. The van der Waals surface area contributed by atoms with Crippen LogP contribution in [0.15, 0.2) is 5.51 Å². The summed E-state index contributed by atoms with van der Waals surface area (Å²) in [7, 11) is 0. The summed E-state index contributed by atoms with van der Waals surface area (Å²) in [5, 5.41) is 3.47. The van der Waals surface area contributed by atoms with Crippen molar-refractivity contribution >= 4 is 11.3 Å². The predicted molar refractivity (Wildman–Crippen MR) is 67.5 cm³/mol. The van der Waals surface area contributed by atoms with Crippen molar-refractivity contribution in [1.82, 2.24) is 10.3 Å². The highest BCUT2D eigenvalue weighted by molar-refractivity contribution is 7.09. The highest BCUT2D eigenvalue weighted by atomic mass is 32.1. The predicted octanol–water partition coefficient (Wildman–Crippen LogP) is 3.02. The lowest BCUT2D eigenvalue weighted by molar-refractivity contribution is 0.482. The van der Waals surface area contributed by atoms with Gasteiger partial charge in [0.15, 0.2) is 0 Å². The zero-order valence-electron chi connectivity index (χ0n) is 10.0. The van der Waals surface area contributed by atoms with Gasteiger partial charge >= 0.3 is 0 Å². The summed E-state index contributed by atoms with van der Waals surface area (Å²) in [6, 6.07) is 0. The van der Waals surface area contributed by atoms with Gasteiger partial charge in [0.05, 0.1) is 11.2 Å². The van der Waals surface area contributed by atoms with Crippen molar-refractivity contribution in [1.29, 1.82) is 0 Å². The van der Waals surface area contributed by atoms with Crippen LogP contribution in [0.5, 0.6) is 0 Å². The van der Waals surface area contributed by atoms with Crippen LogP contribution in [0.1, 0.15) is 37.3 Å². The van der Waals surface area contributed by atoms with E-state index in [1.165, 1.54) is 29.8 Å². The lowest BCUT2D eigenvalue weighted by Gasteiger charge is -2.11. The normalized spacial score (nSPS) is 13.0. The molecule has 0 radical (unpaired) electrons. The molecule has 0 amide bonds. The standard InChI is InChI=1S/C12H22N2S/c1-4-7-13-8-10(2)5-6-12-11(3)14-9-15-12/h9-10,13H,4-8H2,1-3H3. The van der Waals surface area contributed by atoms with Crippen LogP contribution in [0.3, 0.4) is 0 Å². The van der Waals surface area contributed by atoms with E-state index in [4.69, 9.17) is 0 Å². The first-order valence-electron chi connectivity index (χ1n) is 5.83. The van der Waals surface area contributed by atoms with Gasteiger partial charge < -0.3 is 5.32 Å². The molecular weight excluding hydrogens is 204 g/mol. The zero-order chi connectivity index (χ0) is 11.1. The van der Waals surface area contributed by atoms with E-state index in [9.17, 15) is 0 Å². The van der Waals surface area contributed by atoms with Gasteiger partial charge in [-0.3, -0.25) is 0 Å². The van der Waals surface area contributed by atoms with Crippen molar-refractivity contribution in [2.75, 3.05) is 13.1 Å². The molecule has 86 valence electrons. The van der Waals surface area contributed by atoms with Crippen molar-refractivity contribution < 1.29 is 0 Å². The summed E-state index contributed by atoms with van der Waals surface area (Å²) in [5.74, 6) is 0.762. The zero-order valence-corrected chi connectivity index (χ0v) is 10.9. The summed E-state index contributed by atoms with van der Waals surface area (Å²) in [5.41, 5.74) is 3.17. The van der Waals surface area contributed by atoms with E-state index < -0.39 is 0 Å². The first-order chi connectivity index (χ1) is 7.24. The van der Waals surface area contributed by atoms with E-state index >= 15 is 0 Å². The molecule has 1 unspecified atom stereocenters. The number of nitrogens with one attached hydrogen (secondary N) is 1. The Kier molecular flexibility index (Phi) is 5.88. The van der Waals surface area contributed by atoms with Gasteiger partial charge in [-0.15, -0.1) is 11.3 Å². The van der Waals surface area contributed by atoms with Crippen LogP contribution < -0.4 is 5.32 Å². The van der Waals surface area contributed by atoms with Crippen LogP contribution in [-0.4, -0.2) is 18.1 Å². The summed E-state index contributed by atoms with van der Waals surface area (Å²) >= 11 is 1.79. The topological polar surface area (TPSA) is 24.9 Å². The van der Waals surface area contributed by atoms with Gasteiger partial charge in [0.1, 0.15) is 0 Å². The van der Waals surface area contributed by atoms with E-state index in [-0.39, 0.29) is 0 Å². The van der Waals surface area contributed by atoms with E-state index in [0.717, 1.165) is 19.0 Å². The first-order valence-corrected chi connectivity index (χ1v) is 6.71. The first kappa shape index (κ1) is 12.7. The number of aryl methyl sites for hydroxylation is 2. The third-order valence-electron chi connectivity index (χ3n) is 2.63. The van der Waals surface area contributed by atoms with Crippen LogP contribution >= 0.6 is 11.3 Å².